The van der Waals surface area contributed by atoms with Crippen LogP contribution in [0.15, 0.2) is 35.3 Å². The molecule has 0 aliphatic rings. The molecular formula is C11H13N3O. The van der Waals surface area contributed by atoms with Gasteiger partial charge in [-0.1, -0.05) is 19.9 Å². The SMILES string of the molecule is CC(C)c1cc(=O)n(-c2ccccn2)[nH]1. The summed E-state index contributed by atoms with van der Waals surface area (Å²) in [5, 5.41) is 3.04. The maximum Gasteiger partial charge on any atom is 0.272 e. The summed E-state index contributed by atoms with van der Waals surface area (Å²) in [6.45, 7) is 4.07. The van der Waals surface area contributed by atoms with E-state index in [2.05, 4.69) is 10.1 Å². The Kier molecular flexibility index (Phi) is 2.41. The second kappa shape index (κ2) is 3.73. The molecule has 2 aromatic rings. The Morgan fingerprint density at radius 3 is 2.73 bits per heavy atom. The van der Waals surface area contributed by atoms with E-state index in [4.69, 9.17) is 0 Å². The molecule has 2 aromatic heterocycles. The molecule has 2 heterocycles. The van der Waals surface area contributed by atoms with Gasteiger partial charge in [-0.05, 0) is 18.1 Å². The van der Waals surface area contributed by atoms with Crippen molar-refractivity contribution in [2.75, 3.05) is 0 Å². The van der Waals surface area contributed by atoms with Gasteiger partial charge in [0.05, 0.1) is 0 Å². The quantitative estimate of drug-likeness (QED) is 0.807. The zero-order valence-corrected chi connectivity index (χ0v) is 8.77. The molecule has 0 aromatic carbocycles. The summed E-state index contributed by atoms with van der Waals surface area (Å²) in [6.07, 6.45) is 1.66. The Morgan fingerprint density at radius 1 is 1.40 bits per heavy atom. The third-order valence-electron chi connectivity index (χ3n) is 2.24. The van der Waals surface area contributed by atoms with Gasteiger partial charge in [0.25, 0.3) is 5.56 Å². The van der Waals surface area contributed by atoms with Crippen LogP contribution in [-0.4, -0.2) is 14.8 Å². The molecule has 0 saturated carbocycles. The lowest BCUT2D eigenvalue weighted by atomic mass is 10.1. The highest BCUT2D eigenvalue weighted by Crippen LogP contribution is 2.09. The van der Waals surface area contributed by atoms with Crippen molar-refractivity contribution in [1.82, 2.24) is 14.8 Å². The number of hydrogen-bond acceptors (Lipinski definition) is 2. The summed E-state index contributed by atoms with van der Waals surface area (Å²) in [5.41, 5.74) is 0.850. The smallest absolute Gasteiger partial charge is 0.272 e. The van der Waals surface area contributed by atoms with Crippen molar-refractivity contribution >= 4 is 0 Å². The van der Waals surface area contributed by atoms with E-state index >= 15 is 0 Å². The van der Waals surface area contributed by atoms with Crippen LogP contribution in [0.25, 0.3) is 5.82 Å². The molecule has 0 aliphatic heterocycles. The maximum absolute atomic E-state index is 11.6. The highest BCUT2D eigenvalue weighted by molar-refractivity contribution is 5.21. The third-order valence-corrected chi connectivity index (χ3v) is 2.24. The van der Waals surface area contributed by atoms with Crippen LogP contribution in [0.3, 0.4) is 0 Å². The molecule has 78 valence electrons. The van der Waals surface area contributed by atoms with Gasteiger partial charge in [-0.25, -0.2) is 9.67 Å². The minimum absolute atomic E-state index is 0.0719. The normalized spacial score (nSPS) is 10.9. The van der Waals surface area contributed by atoms with E-state index in [1.165, 1.54) is 4.68 Å². The Bertz CT molecular complexity index is 496. The van der Waals surface area contributed by atoms with Crippen LogP contribution in [-0.2, 0) is 0 Å². The standard InChI is InChI=1S/C11H13N3O/c1-8(2)9-7-11(15)14(13-9)10-5-3-4-6-12-10/h3-8,13H,1-2H3. The second-order valence-electron chi connectivity index (χ2n) is 3.73. The van der Waals surface area contributed by atoms with Crippen molar-refractivity contribution in [1.29, 1.82) is 0 Å². The van der Waals surface area contributed by atoms with Crippen LogP contribution < -0.4 is 5.56 Å². The van der Waals surface area contributed by atoms with Gasteiger partial charge in [0, 0.05) is 18.0 Å². The summed E-state index contributed by atoms with van der Waals surface area (Å²) in [7, 11) is 0. The molecule has 4 nitrogen and oxygen atoms in total. The van der Waals surface area contributed by atoms with Crippen molar-refractivity contribution in [3.63, 3.8) is 0 Å². The van der Waals surface area contributed by atoms with Gasteiger partial charge >= 0.3 is 0 Å². The number of rotatable bonds is 2. The van der Waals surface area contributed by atoms with Gasteiger partial charge in [0.2, 0.25) is 0 Å². The third kappa shape index (κ3) is 1.83. The zero-order valence-electron chi connectivity index (χ0n) is 8.77. The minimum Gasteiger partial charge on any atom is -0.293 e. The van der Waals surface area contributed by atoms with E-state index in [9.17, 15) is 4.79 Å². The van der Waals surface area contributed by atoms with E-state index in [1.807, 2.05) is 26.0 Å². The first-order chi connectivity index (χ1) is 7.18. The van der Waals surface area contributed by atoms with Gasteiger partial charge in [-0.3, -0.25) is 9.89 Å². The molecule has 0 atom stereocenters. The summed E-state index contributed by atoms with van der Waals surface area (Å²) < 4.78 is 1.45. The molecule has 0 unspecified atom stereocenters. The monoisotopic (exact) mass is 203 g/mol. The molecule has 4 heteroatoms. The molecular weight excluding hydrogens is 190 g/mol. The van der Waals surface area contributed by atoms with E-state index in [0.29, 0.717) is 11.7 Å². The van der Waals surface area contributed by atoms with Gasteiger partial charge in [0.1, 0.15) is 0 Å². The van der Waals surface area contributed by atoms with E-state index in [1.54, 1.807) is 18.3 Å². The molecule has 0 amide bonds. The molecule has 0 spiro atoms. The van der Waals surface area contributed by atoms with E-state index in [0.717, 1.165) is 5.69 Å². The number of aromatic amines is 1. The average molecular weight is 203 g/mol. The molecule has 0 aliphatic carbocycles. The summed E-state index contributed by atoms with van der Waals surface area (Å²) >= 11 is 0. The molecule has 0 radical (unpaired) electrons. The number of hydrogen-bond donors (Lipinski definition) is 1. The fraction of sp³-hybridized carbons (Fsp3) is 0.273. The van der Waals surface area contributed by atoms with Crippen molar-refractivity contribution in [2.45, 2.75) is 19.8 Å². The van der Waals surface area contributed by atoms with Crippen molar-refractivity contribution in [3.8, 4) is 5.82 Å². The second-order valence-corrected chi connectivity index (χ2v) is 3.73. The lowest BCUT2D eigenvalue weighted by Crippen LogP contribution is -2.14. The highest BCUT2D eigenvalue weighted by atomic mass is 16.1. The maximum atomic E-state index is 11.6. The van der Waals surface area contributed by atoms with Crippen LogP contribution >= 0.6 is 0 Å². The van der Waals surface area contributed by atoms with Gasteiger partial charge in [-0.2, -0.15) is 0 Å². The first-order valence-electron chi connectivity index (χ1n) is 4.92. The van der Waals surface area contributed by atoms with E-state index in [-0.39, 0.29) is 5.56 Å². The van der Waals surface area contributed by atoms with Crippen LogP contribution in [0, 0.1) is 0 Å². The lowest BCUT2D eigenvalue weighted by molar-refractivity contribution is 0.748. The lowest BCUT2D eigenvalue weighted by Gasteiger charge is -2.01. The van der Waals surface area contributed by atoms with Crippen molar-refractivity contribution in [3.05, 3.63) is 46.5 Å². The Labute approximate surface area is 87.6 Å². The number of aromatic nitrogens is 3. The first-order valence-corrected chi connectivity index (χ1v) is 4.92. The van der Waals surface area contributed by atoms with Crippen LogP contribution in [0.5, 0.6) is 0 Å². The molecule has 15 heavy (non-hydrogen) atoms. The number of H-pyrrole nitrogens is 1. The van der Waals surface area contributed by atoms with Crippen LogP contribution in [0.4, 0.5) is 0 Å². The van der Waals surface area contributed by atoms with Gasteiger partial charge in [0.15, 0.2) is 5.82 Å². The average Bonchev–Trinajstić information content (AvgIpc) is 2.62. The molecule has 1 N–H and O–H groups in total. The molecule has 0 saturated heterocycles. The summed E-state index contributed by atoms with van der Waals surface area (Å²) in [6, 6.07) is 7.08. The molecule has 0 fully saturated rings. The number of pyridine rings is 1. The van der Waals surface area contributed by atoms with Crippen molar-refractivity contribution < 1.29 is 0 Å². The Hall–Kier alpha value is -1.84. The predicted octanol–water partition coefficient (Wildman–Crippen LogP) is 1.68. The van der Waals surface area contributed by atoms with E-state index < -0.39 is 0 Å². The highest BCUT2D eigenvalue weighted by Gasteiger charge is 2.07. The van der Waals surface area contributed by atoms with Crippen LogP contribution in [0.1, 0.15) is 25.5 Å². The summed E-state index contributed by atoms with van der Waals surface area (Å²) in [5.74, 6) is 0.928. The number of nitrogens with one attached hydrogen (secondary N) is 1. The summed E-state index contributed by atoms with van der Waals surface area (Å²) in [4.78, 5) is 15.8. The minimum atomic E-state index is -0.0719. The Morgan fingerprint density at radius 2 is 2.20 bits per heavy atom. The fourth-order valence-electron chi connectivity index (χ4n) is 1.37. The largest absolute Gasteiger partial charge is 0.293 e. The zero-order chi connectivity index (χ0) is 10.8. The first kappa shape index (κ1) is 9.71. The van der Waals surface area contributed by atoms with Gasteiger partial charge in [-0.15, -0.1) is 0 Å². The Balaban J connectivity index is 2.50. The molecule has 0 bridgehead atoms. The molecule has 2 rings (SSSR count). The van der Waals surface area contributed by atoms with Gasteiger partial charge < -0.3 is 0 Å². The fourth-order valence-corrected chi connectivity index (χ4v) is 1.37. The predicted molar refractivity (Wildman–Crippen MR) is 58.3 cm³/mol. The number of nitrogens with zero attached hydrogens (tertiary/aromatic N) is 2. The van der Waals surface area contributed by atoms with Crippen molar-refractivity contribution in [2.24, 2.45) is 0 Å². The van der Waals surface area contributed by atoms with Crippen LogP contribution in [0.2, 0.25) is 0 Å². The topological polar surface area (TPSA) is 50.7 Å².